The molecule has 0 amide bonds. The number of halogens is 3. The second kappa shape index (κ2) is 3.38. The standard InChI is InChI=1S/C8H5Cl2FN2O/c9-5-1-4(11)2-13-6(3-14)7(10)12-8(5)13/h1-2,14H,3H2. The number of fused-ring (bicyclic) bond motifs is 1. The molecule has 1 N–H and O–H groups in total. The van der Waals surface area contributed by atoms with E-state index in [9.17, 15) is 4.39 Å². The van der Waals surface area contributed by atoms with Crippen LogP contribution in [-0.2, 0) is 6.61 Å². The summed E-state index contributed by atoms with van der Waals surface area (Å²) in [6, 6.07) is 1.14. The number of nitrogens with zero attached hydrogens (tertiary/aromatic N) is 2. The molecule has 2 aromatic rings. The summed E-state index contributed by atoms with van der Waals surface area (Å²) in [6.07, 6.45) is 1.17. The van der Waals surface area contributed by atoms with Crippen LogP contribution < -0.4 is 0 Å². The van der Waals surface area contributed by atoms with Crippen molar-refractivity contribution in [3.05, 3.63) is 34.0 Å². The molecule has 0 aliphatic rings. The molecule has 0 saturated carbocycles. The Morgan fingerprint density at radius 2 is 2.21 bits per heavy atom. The van der Waals surface area contributed by atoms with Crippen molar-refractivity contribution in [2.24, 2.45) is 0 Å². The van der Waals surface area contributed by atoms with Crippen LogP contribution in [0.5, 0.6) is 0 Å². The molecule has 0 unspecified atom stereocenters. The predicted octanol–water partition coefficient (Wildman–Crippen LogP) is 2.27. The van der Waals surface area contributed by atoms with E-state index < -0.39 is 5.82 Å². The SMILES string of the molecule is OCc1c(Cl)nc2c(Cl)cc(F)cn12. The fraction of sp³-hybridized carbons (Fsp3) is 0.125. The molecular formula is C8H5Cl2FN2O. The summed E-state index contributed by atoms with van der Waals surface area (Å²) in [5.41, 5.74) is 0.658. The number of hydrogen-bond donors (Lipinski definition) is 1. The van der Waals surface area contributed by atoms with Gasteiger partial charge in [0.05, 0.1) is 17.3 Å². The molecule has 0 fully saturated rings. The summed E-state index contributed by atoms with van der Waals surface area (Å²) in [5.74, 6) is -0.508. The topological polar surface area (TPSA) is 37.5 Å². The third-order valence-electron chi connectivity index (χ3n) is 1.84. The molecule has 6 heteroatoms. The van der Waals surface area contributed by atoms with Crippen LogP contribution in [0, 0.1) is 5.82 Å². The molecule has 2 aromatic heterocycles. The van der Waals surface area contributed by atoms with Gasteiger partial charge in [-0.2, -0.15) is 0 Å². The first-order valence-corrected chi connectivity index (χ1v) is 4.51. The highest BCUT2D eigenvalue weighted by molar-refractivity contribution is 6.34. The van der Waals surface area contributed by atoms with Gasteiger partial charge in [-0.1, -0.05) is 23.2 Å². The Morgan fingerprint density at radius 3 is 2.86 bits per heavy atom. The van der Waals surface area contributed by atoms with Crippen LogP contribution in [0.3, 0.4) is 0 Å². The second-order valence-corrected chi connectivity index (χ2v) is 3.47. The summed E-state index contributed by atoms with van der Waals surface area (Å²) in [4.78, 5) is 3.89. The van der Waals surface area contributed by atoms with E-state index >= 15 is 0 Å². The van der Waals surface area contributed by atoms with Gasteiger partial charge in [-0.3, -0.25) is 4.40 Å². The lowest BCUT2D eigenvalue weighted by Gasteiger charge is -1.99. The smallest absolute Gasteiger partial charge is 0.157 e. The van der Waals surface area contributed by atoms with E-state index in [-0.39, 0.29) is 16.8 Å². The highest BCUT2D eigenvalue weighted by Crippen LogP contribution is 2.24. The number of aromatic nitrogens is 2. The van der Waals surface area contributed by atoms with E-state index in [1.54, 1.807) is 0 Å². The number of imidazole rings is 1. The van der Waals surface area contributed by atoms with Crippen LogP contribution >= 0.6 is 23.2 Å². The Kier molecular flexibility index (Phi) is 2.34. The number of hydrogen-bond acceptors (Lipinski definition) is 2. The largest absolute Gasteiger partial charge is 0.390 e. The summed E-state index contributed by atoms with van der Waals surface area (Å²) >= 11 is 11.5. The van der Waals surface area contributed by atoms with Crippen LogP contribution in [0.4, 0.5) is 4.39 Å². The van der Waals surface area contributed by atoms with Crippen molar-refractivity contribution in [3.63, 3.8) is 0 Å². The van der Waals surface area contributed by atoms with Crippen LogP contribution in [0.25, 0.3) is 5.65 Å². The van der Waals surface area contributed by atoms with Gasteiger partial charge in [0.15, 0.2) is 10.8 Å². The predicted molar refractivity (Wildman–Crippen MR) is 51.1 cm³/mol. The van der Waals surface area contributed by atoms with Gasteiger partial charge in [-0.05, 0) is 6.07 Å². The van der Waals surface area contributed by atoms with Gasteiger partial charge >= 0.3 is 0 Å². The number of aliphatic hydroxyl groups excluding tert-OH is 1. The molecule has 0 atom stereocenters. The molecule has 2 heterocycles. The quantitative estimate of drug-likeness (QED) is 0.823. The van der Waals surface area contributed by atoms with Crippen molar-refractivity contribution < 1.29 is 9.50 Å². The van der Waals surface area contributed by atoms with Crippen molar-refractivity contribution in [1.82, 2.24) is 9.38 Å². The van der Waals surface area contributed by atoms with E-state index in [4.69, 9.17) is 28.3 Å². The van der Waals surface area contributed by atoms with Crippen LogP contribution in [0.15, 0.2) is 12.3 Å². The maximum atomic E-state index is 13.0. The average molecular weight is 235 g/mol. The van der Waals surface area contributed by atoms with Gasteiger partial charge in [0.2, 0.25) is 0 Å². The molecule has 3 nitrogen and oxygen atoms in total. The van der Waals surface area contributed by atoms with Crippen LogP contribution in [-0.4, -0.2) is 14.5 Å². The third kappa shape index (κ3) is 1.35. The Labute approximate surface area is 88.7 Å². The highest BCUT2D eigenvalue weighted by atomic mass is 35.5. The van der Waals surface area contributed by atoms with E-state index in [2.05, 4.69) is 4.98 Å². The number of rotatable bonds is 1. The Morgan fingerprint density at radius 1 is 1.50 bits per heavy atom. The molecule has 0 saturated heterocycles. The maximum Gasteiger partial charge on any atom is 0.157 e. The Bertz CT molecular complexity index is 498. The van der Waals surface area contributed by atoms with Crippen molar-refractivity contribution in [1.29, 1.82) is 0 Å². The van der Waals surface area contributed by atoms with Gasteiger partial charge in [0.25, 0.3) is 0 Å². The summed E-state index contributed by atoms with van der Waals surface area (Å²) in [6.45, 7) is -0.320. The minimum absolute atomic E-state index is 0.125. The lowest BCUT2D eigenvalue weighted by Crippen LogP contribution is -1.94. The number of pyridine rings is 1. The number of aliphatic hydroxyl groups is 1. The highest BCUT2D eigenvalue weighted by Gasteiger charge is 2.12. The molecule has 0 aliphatic carbocycles. The molecular weight excluding hydrogens is 230 g/mol. The zero-order chi connectivity index (χ0) is 10.3. The molecule has 0 aliphatic heterocycles. The minimum Gasteiger partial charge on any atom is -0.390 e. The van der Waals surface area contributed by atoms with Gasteiger partial charge in [-0.25, -0.2) is 9.37 Å². The van der Waals surface area contributed by atoms with Gasteiger partial charge < -0.3 is 5.11 Å². The maximum absolute atomic E-state index is 13.0. The van der Waals surface area contributed by atoms with Crippen molar-refractivity contribution in [2.45, 2.75) is 6.61 Å². The van der Waals surface area contributed by atoms with Gasteiger partial charge in [0, 0.05) is 6.20 Å². The molecule has 2 rings (SSSR count). The molecule has 0 aromatic carbocycles. The summed E-state index contributed by atoms with van der Waals surface area (Å²) < 4.78 is 14.3. The lowest BCUT2D eigenvalue weighted by atomic mass is 10.4. The molecule has 0 spiro atoms. The monoisotopic (exact) mass is 234 g/mol. The average Bonchev–Trinajstić information content (AvgIpc) is 2.41. The van der Waals surface area contributed by atoms with Gasteiger partial charge in [0.1, 0.15) is 5.82 Å². The zero-order valence-electron chi connectivity index (χ0n) is 6.84. The Balaban J connectivity index is 2.87. The van der Waals surface area contributed by atoms with Crippen LogP contribution in [0.1, 0.15) is 5.69 Å². The van der Waals surface area contributed by atoms with Crippen molar-refractivity contribution in [3.8, 4) is 0 Å². The van der Waals surface area contributed by atoms with Crippen molar-refractivity contribution >= 4 is 28.8 Å². The van der Waals surface area contributed by atoms with Crippen molar-refractivity contribution in [2.75, 3.05) is 0 Å². The lowest BCUT2D eigenvalue weighted by molar-refractivity contribution is 0.276. The normalized spacial score (nSPS) is 11.1. The molecule has 74 valence electrons. The third-order valence-corrected chi connectivity index (χ3v) is 2.42. The first-order chi connectivity index (χ1) is 6.63. The van der Waals surface area contributed by atoms with E-state index in [1.165, 1.54) is 10.6 Å². The molecule has 14 heavy (non-hydrogen) atoms. The summed E-state index contributed by atoms with van der Waals surface area (Å²) in [5, 5.41) is 9.26. The van der Waals surface area contributed by atoms with Crippen LogP contribution in [0.2, 0.25) is 10.2 Å². The zero-order valence-corrected chi connectivity index (χ0v) is 8.35. The van der Waals surface area contributed by atoms with E-state index in [0.717, 1.165) is 6.07 Å². The fourth-order valence-electron chi connectivity index (χ4n) is 1.23. The first-order valence-electron chi connectivity index (χ1n) is 3.76. The minimum atomic E-state index is -0.508. The van der Waals surface area contributed by atoms with E-state index in [0.29, 0.717) is 11.3 Å². The summed E-state index contributed by atoms with van der Waals surface area (Å²) in [7, 11) is 0. The van der Waals surface area contributed by atoms with E-state index in [1.807, 2.05) is 0 Å². The second-order valence-electron chi connectivity index (χ2n) is 2.71. The Hall–Kier alpha value is -0.840. The first kappa shape index (κ1) is 9.71. The molecule has 0 radical (unpaired) electrons. The molecule has 0 bridgehead atoms. The van der Waals surface area contributed by atoms with Gasteiger partial charge in [-0.15, -0.1) is 0 Å². The fourth-order valence-corrected chi connectivity index (χ4v) is 1.70.